The van der Waals surface area contributed by atoms with E-state index >= 15 is 0 Å². The van der Waals surface area contributed by atoms with Gasteiger partial charge in [-0.3, -0.25) is 0 Å². The van der Waals surface area contributed by atoms with Crippen LogP contribution >= 0.6 is 11.1 Å². The first-order chi connectivity index (χ1) is 5.39. The fraction of sp³-hybridized carbons (Fsp3) is 0.375. The molecule has 0 bridgehead atoms. The van der Waals surface area contributed by atoms with Gasteiger partial charge in [-0.25, -0.2) is 4.79 Å². The number of hydrogen-bond donors (Lipinski definition) is 0. The van der Waals surface area contributed by atoms with Crippen LogP contribution in [0.3, 0.4) is 0 Å². The fourth-order valence-electron chi connectivity index (χ4n) is 0.444. The Hall–Kier alpha value is -0.543. The van der Waals surface area contributed by atoms with Gasteiger partial charge in [-0.2, -0.15) is 11.1 Å². The van der Waals surface area contributed by atoms with Crippen molar-refractivity contribution in [2.75, 3.05) is 0 Å². The summed E-state index contributed by atoms with van der Waals surface area (Å²) in [6.07, 6.45) is 2.96. The van der Waals surface area contributed by atoms with E-state index in [0.717, 1.165) is 0 Å². The summed E-state index contributed by atoms with van der Waals surface area (Å²) >= 11 is 5.97. The second-order valence-corrected chi connectivity index (χ2v) is 9.21. The van der Waals surface area contributed by atoms with Crippen molar-refractivity contribution < 1.29 is 9.53 Å². The standard InChI is InChI=1S/C8H13ClO2Si/c1-5-6-11-8(10)7(2)12(3,4)9/h5-6H,2H2,1,3-4H3. The van der Waals surface area contributed by atoms with E-state index in [1.54, 1.807) is 13.0 Å². The molecule has 0 aliphatic carbocycles. The lowest BCUT2D eigenvalue weighted by Crippen LogP contribution is -2.26. The highest BCUT2D eigenvalue weighted by atomic mass is 35.6. The van der Waals surface area contributed by atoms with Gasteiger partial charge in [0.2, 0.25) is 0 Å². The van der Waals surface area contributed by atoms with E-state index in [9.17, 15) is 4.79 Å². The number of carbonyl (C=O) groups excluding carboxylic acids is 1. The summed E-state index contributed by atoms with van der Waals surface area (Å²) in [7, 11) is -2.10. The van der Waals surface area contributed by atoms with Crippen LogP contribution in [-0.4, -0.2) is 13.4 Å². The summed E-state index contributed by atoms with van der Waals surface area (Å²) in [5, 5.41) is 0.391. The minimum atomic E-state index is -2.10. The molecule has 0 fully saturated rings. The van der Waals surface area contributed by atoms with Crippen molar-refractivity contribution in [1.82, 2.24) is 0 Å². The van der Waals surface area contributed by atoms with E-state index < -0.39 is 13.4 Å². The fourth-order valence-corrected chi connectivity index (χ4v) is 1.22. The number of carbonyl (C=O) groups is 1. The molecule has 0 unspecified atom stereocenters. The molecule has 0 radical (unpaired) electrons. The van der Waals surface area contributed by atoms with Gasteiger partial charge in [0.15, 0.2) is 7.38 Å². The number of rotatable bonds is 3. The van der Waals surface area contributed by atoms with Gasteiger partial charge in [0.1, 0.15) is 0 Å². The normalized spacial score (nSPS) is 11.7. The van der Waals surface area contributed by atoms with Crippen molar-refractivity contribution in [3.8, 4) is 0 Å². The maximum atomic E-state index is 11.1. The molecule has 0 aliphatic rings. The summed E-state index contributed by atoms with van der Waals surface area (Å²) in [5.74, 6) is -0.431. The van der Waals surface area contributed by atoms with E-state index in [1.807, 2.05) is 13.1 Å². The lowest BCUT2D eigenvalue weighted by Gasteiger charge is -2.13. The maximum absolute atomic E-state index is 11.1. The molecular weight excluding hydrogens is 192 g/mol. The molecule has 0 rings (SSSR count). The van der Waals surface area contributed by atoms with Crippen LogP contribution in [0.5, 0.6) is 0 Å². The van der Waals surface area contributed by atoms with Gasteiger partial charge in [0.05, 0.1) is 6.26 Å². The van der Waals surface area contributed by atoms with Crippen molar-refractivity contribution in [2.45, 2.75) is 20.0 Å². The Bertz CT molecular complexity index is 216. The molecule has 0 amide bonds. The topological polar surface area (TPSA) is 26.3 Å². The Labute approximate surface area is 78.6 Å². The van der Waals surface area contributed by atoms with Gasteiger partial charge >= 0.3 is 5.97 Å². The predicted octanol–water partition coefficient (Wildman–Crippen LogP) is 2.60. The first kappa shape index (κ1) is 11.5. The zero-order valence-corrected chi connectivity index (χ0v) is 9.31. The highest BCUT2D eigenvalue weighted by molar-refractivity contribution is 7.24. The molecule has 0 heterocycles. The Balaban J connectivity index is 4.22. The average Bonchev–Trinajstić information content (AvgIpc) is 1.97. The van der Waals surface area contributed by atoms with Gasteiger partial charge in [-0.15, -0.1) is 0 Å². The van der Waals surface area contributed by atoms with E-state index in [2.05, 4.69) is 6.58 Å². The van der Waals surface area contributed by atoms with Crippen LogP contribution in [-0.2, 0) is 9.53 Å². The zero-order chi connectivity index (χ0) is 9.78. The first-order valence-electron chi connectivity index (χ1n) is 3.60. The monoisotopic (exact) mass is 204 g/mol. The van der Waals surface area contributed by atoms with Crippen LogP contribution in [0.15, 0.2) is 24.1 Å². The first-order valence-corrected chi connectivity index (χ1v) is 7.61. The molecule has 0 aromatic heterocycles. The molecule has 0 aromatic carbocycles. The Morgan fingerprint density at radius 2 is 2.08 bits per heavy atom. The average molecular weight is 205 g/mol. The molecule has 4 heteroatoms. The highest BCUT2D eigenvalue weighted by Crippen LogP contribution is 2.18. The van der Waals surface area contributed by atoms with Gasteiger partial charge in [0.25, 0.3) is 0 Å². The molecule has 0 spiro atoms. The number of hydrogen-bond acceptors (Lipinski definition) is 2. The van der Waals surface area contributed by atoms with Crippen LogP contribution in [0.25, 0.3) is 0 Å². The Morgan fingerprint density at radius 3 is 2.42 bits per heavy atom. The van der Waals surface area contributed by atoms with Gasteiger partial charge in [-0.05, 0) is 6.92 Å². The maximum Gasteiger partial charge on any atom is 0.335 e. The molecule has 2 nitrogen and oxygen atoms in total. The smallest absolute Gasteiger partial charge is 0.335 e. The van der Waals surface area contributed by atoms with Gasteiger partial charge < -0.3 is 4.74 Å². The SMILES string of the molecule is C=C(C(=O)OC=CC)[Si](C)(C)Cl. The summed E-state index contributed by atoms with van der Waals surface area (Å²) in [6, 6.07) is 0. The van der Waals surface area contributed by atoms with Gasteiger partial charge in [-0.1, -0.05) is 25.7 Å². The third kappa shape index (κ3) is 3.73. The molecule has 0 atom stereocenters. The van der Waals surface area contributed by atoms with Gasteiger partial charge in [0, 0.05) is 5.20 Å². The number of ether oxygens (including phenoxy) is 1. The molecule has 0 aromatic rings. The molecular formula is C8H13ClO2Si. The lowest BCUT2D eigenvalue weighted by molar-refractivity contribution is -0.132. The predicted molar refractivity (Wildman–Crippen MR) is 53.4 cm³/mol. The molecule has 0 saturated heterocycles. The second-order valence-electron chi connectivity index (χ2n) is 2.83. The third-order valence-corrected chi connectivity index (χ3v) is 3.60. The number of halogens is 1. The highest BCUT2D eigenvalue weighted by Gasteiger charge is 2.27. The minimum absolute atomic E-state index is 0.391. The third-order valence-electron chi connectivity index (χ3n) is 1.28. The van der Waals surface area contributed by atoms with E-state index in [-0.39, 0.29) is 0 Å². The summed E-state index contributed by atoms with van der Waals surface area (Å²) in [5.41, 5.74) is 0. The van der Waals surface area contributed by atoms with E-state index in [0.29, 0.717) is 5.20 Å². The minimum Gasteiger partial charge on any atom is -0.432 e. The summed E-state index contributed by atoms with van der Waals surface area (Å²) in [4.78, 5) is 11.1. The van der Waals surface area contributed by atoms with Crippen LogP contribution < -0.4 is 0 Å². The van der Waals surface area contributed by atoms with Crippen molar-refractivity contribution in [3.05, 3.63) is 24.1 Å². The lowest BCUT2D eigenvalue weighted by atomic mass is 10.6. The van der Waals surface area contributed by atoms with Crippen molar-refractivity contribution in [3.63, 3.8) is 0 Å². The zero-order valence-electron chi connectivity index (χ0n) is 7.56. The molecule has 0 N–H and O–H groups in total. The van der Waals surface area contributed by atoms with Crippen LogP contribution in [0.4, 0.5) is 0 Å². The second kappa shape index (κ2) is 4.47. The molecule has 0 saturated carbocycles. The van der Waals surface area contributed by atoms with Crippen molar-refractivity contribution in [2.24, 2.45) is 0 Å². The molecule has 0 aliphatic heterocycles. The number of esters is 1. The summed E-state index contributed by atoms with van der Waals surface area (Å²) < 4.78 is 4.71. The Morgan fingerprint density at radius 1 is 1.58 bits per heavy atom. The van der Waals surface area contributed by atoms with Crippen molar-refractivity contribution in [1.29, 1.82) is 0 Å². The van der Waals surface area contributed by atoms with Crippen LogP contribution in [0.1, 0.15) is 6.92 Å². The summed E-state index contributed by atoms with van der Waals surface area (Å²) in [6.45, 7) is 9.02. The van der Waals surface area contributed by atoms with Crippen LogP contribution in [0, 0.1) is 0 Å². The largest absolute Gasteiger partial charge is 0.432 e. The molecule has 12 heavy (non-hydrogen) atoms. The van der Waals surface area contributed by atoms with Crippen molar-refractivity contribution >= 4 is 24.4 Å². The quantitative estimate of drug-likeness (QED) is 0.232. The number of allylic oxidation sites excluding steroid dienone is 1. The van der Waals surface area contributed by atoms with E-state index in [4.69, 9.17) is 15.8 Å². The van der Waals surface area contributed by atoms with Crippen LogP contribution in [0.2, 0.25) is 13.1 Å². The molecule has 68 valence electrons. The van der Waals surface area contributed by atoms with E-state index in [1.165, 1.54) is 6.26 Å². The Kier molecular flexibility index (Phi) is 4.27.